The van der Waals surface area contributed by atoms with E-state index < -0.39 is 23.0 Å². The van der Waals surface area contributed by atoms with Gasteiger partial charge in [0, 0.05) is 18.5 Å². The van der Waals surface area contributed by atoms with Crippen LogP contribution in [0.25, 0.3) is 0 Å². The molecule has 1 aromatic heterocycles. The zero-order valence-electron chi connectivity index (χ0n) is 10.5. The lowest BCUT2D eigenvalue weighted by atomic mass is 10.4. The standard InChI is InChI=1S/C10H15BrF2N2O2S2/c1-3-14-5-7-4-8(10(11)18-7)19(16,17)15(2)6-9(12)13/h4,9,14H,3,5-6H2,1-2H3. The summed E-state index contributed by atoms with van der Waals surface area (Å²) in [6, 6.07) is 1.51. The Morgan fingerprint density at radius 1 is 1.53 bits per heavy atom. The van der Waals surface area contributed by atoms with Crippen molar-refractivity contribution in [1.29, 1.82) is 0 Å². The molecule has 0 spiro atoms. The number of thiophene rings is 1. The summed E-state index contributed by atoms with van der Waals surface area (Å²) in [6.07, 6.45) is -2.70. The number of halogens is 3. The average molecular weight is 377 g/mol. The third-order valence-corrected chi connectivity index (χ3v) is 6.41. The lowest BCUT2D eigenvalue weighted by Gasteiger charge is -2.15. The molecule has 1 N–H and O–H groups in total. The molecule has 0 bridgehead atoms. The van der Waals surface area contributed by atoms with Gasteiger partial charge in [-0.2, -0.15) is 4.31 Å². The van der Waals surface area contributed by atoms with E-state index >= 15 is 0 Å². The summed E-state index contributed by atoms with van der Waals surface area (Å²) in [5, 5.41) is 3.08. The molecule has 0 radical (unpaired) electrons. The maximum atomic E-state index is 12.3. The summed E-state index contributed by atoms with van der Waals surface area (Å²) in [5.41, 5.74) is 0. The van der Waals surface area contributed by atoms with E-state index in [-0.39, 0.29) is 4.90 Å². The van der Waals surface area contributed by atoms with E-state index in [1.165, 1.54) is 17.4 Å². The van der Waals surface area contributed by atoms with Gasteiger partial charge >= 0.3 is 0 Å². The smallest absolute Gasteiger partial charge is 0.252 e. The van der Waals surface area contributed by atoms with Gasteiger partial charge in [-0.25, -0.2) is 17.2 Å². The fourth-order valence-corrected chi connectivity index (χ4v) is 5.12. The molecule has 4 nitrogen and oxygen atoms in total. The highest BCUT2D eigenvalue weighted by Gasteiger charge is 2.27. The van der Waals surface area contributed by atoms with E-state index in [2.05, 4.69) is 21.2 Å². The summed E-state index contributed by atoms with van der Waals surface area (Å²) in [6.45, 7) is 2.45. The van der Waals surface area contributed by atoms with Crippen molar-refractivity contribution < 1.29 is 17.2 Å². The molecule has 0 unspecified atom stereocenters. The first-order valence-electron chi connectivity index (χ1n) is 5.52. The van der Waals surface area contributed by atoms with Crippen molar-refractivity contribution in [2.75, 3.05) is 20.1 Å². The summed E-state index contributed by atoms with van der Waals surface area (Å²) in [5.74, 6) is 0. The normalized spacial score (nSPS) is 12.6. The number of hydrogen-bond donors (Lipinski definition) is 1. The first kappa shape index (κ1) is 17.0. The highest BCUT2D eigenvalue weighted by molar-refractivity contribution is 9.11. The molecule has 110 valence electrons. The second-order valence-corrected chi connectivity index (χ2v) is 8.28. The molecule has 1 aromatic rings. The van der Waals surface area contributed by atoms with E-state index in [1.807, 2.05) is 6.92 Å². The maximum absolute atomic E-state index is 12.3. The lowest BCUT2D eigenvalue weighted by molar-refractivity contribution is 0.126. The Hall–Kier alpha value is -0.0900. The minimum absolute atomic E-state index is 0.0357. The van der Waals surface area contributed by atoms with Crippen molar-refractivity contribution in [3.8, 4) is 0 Å². The number of hydrogen-bond acceptors (Lipinski definition) is 4. The number of nitrogens with one attached hydrogen (secondary N) is 1. The van der Waals surface area contributed by atoms with Crippen LogP contribution in [-0.4, -0.2) is 39.3 Å². The minimum Gasteiger partial charge on any atom is -0.312 e. The van der Waals surface area contributed by atoms with Crippen LogP contribution in [-0.2, 0) is 16.6 Å². The van der Waals surface area contributed by atoms with Crippen LogP contribution < -0.4 is 5.32 Å². The van der Waals surface area contributed by atoms with Gasteiger partial charge in [0.05, 0.1) is 10.3 Å². The van der Waals surface area contributed by atoms with Crippen LogP contribution in [0.4, 0.5) is 8.78 Å². The van der Waals surface area contributed by atoms with Gasteiger partial charge in [-0.05, 0) is 28.5 Å². The van der Waals surface area contributed by atoms with Crippen molar-refractivity contribution in [3.63, 3.8) is 0 Å². The molecule has 19 heavy (non-hydrogen) atoms. The van der Waals surface area contributed by atoms with Crippen LogP contribution in [0.5, 0.6) is 0 Å². The van der Waals surface area contributed by atoms with E-state index in [0.29, 0.717) is 14.6 Å². The second-order valence-electron chi connectivity index (χ2n) is 3.81. The Morgan fingerprint density at radius 2 is 2.16 bits per heavy atom. The van der Waals surface area contributed by atoms with Crippen LogP contribution >= 0.6 is 27.3 Å². The van der Waals surface area contributed by atoms with Crippen LogP contribution in [0.3, 0.4) is 0 Å². The molecule has 1 heterocycles. The van der Waals surface area contributed by atoms with Crippen LogP contribution in [0.15, 0.2) is 14.7 Å². The second kappa shape index (κ2) is 7.07. The van der Waals surface area contributed by atoms with Gasteiger partial charge in [0.1, 0.15) is 4.90 Å². The Morgan fingerprint density at radius 3 is 2.68 bits per heavy atom. The van der Waals surface area contributed by atoms with Crippen molar-refractivity contribution in [1.82, 2.24) is 9.62 Å². The third-order valence-electron chi connectivity index (χ3n) is 2.34. The van der Waals surface area contributed by atoms with Gasteiger partial charge in [-0.1, -0.05) is 6.92 Å². The molecule has 0 aliphatic carbocycles. The molecule has 0 aromatic carbocycles. The van der Waals surface area contributed by atoms with Gasteiger partial charge in [-0.3, -0.25) is 0 Å². The fourth-order valence-electron chi connectivity index (χ4n) is 1.37. The monoisotopic (exact) mass is 376 g/mol. The van der Waals surface area contributed by atoms with Crippen molar-refractivity contribution in [2.45, 2.75) is 24.8 Å². The molecule has 0 aliphatic heterocycles. The number of alkyl halides is 2. The largest absolute Gasteiger partial charge is 0.312 e. The SMILES string of the molecule is CCNCc1cc(S(=O)(=O)N(C)CC(F)F)c(Br)s1. The molecular weight excluding hydrogens is 362 g/mol. The van der Waals surface area contributed by atoms with Gasteiger partial charge in [0.2, 0.25) is 10.0 Å². The van der Waals surface area contributed by atoms with Crippen molar-refractivity contribution in [2.24, 2.45) is 0 Å². The Bertz CT molecular complexity index is 520. The number of rotatable bonds is 7. The zero-order chi connectivity index (χ0) is 14.6. The predicted octanol–water partition coefficient (Wildman–Crippen LogP) is 2.51. The van der Waals surface area contributed by atoms with E-state index in [9.17, 15) is 17.2 Å². The van der Waals surface area contributed by atoms with Gasteiger partial charge in [0.15, 0.2) is 0 Å². The lowest BCUT2D eigenvalue weighted by Crippen LogP contribution is -2.31. The van der Waals surface area contributed by atoms with E-state index in [1.54, 1.807) is 0 Å². The Labute approximate surface area is 124 Å². The Balaban J connectivity index is 2.98. The molecule has 0 saturated carbocycles. The van der Waals surface area contributed by atoms with E-state index in [4.69, 9.17) is 0 Å². The molecule has 9 heteroatoms. The maximum Gasteiger partial charge on any atom is 0.252 e. The van der Waals surface area contributed by atoms with Crippen molar-refractivity contribution in [3.05, 3.63) is 14.7 Å². The first-order valence-corrected chi connectivity index (χ1v) is 8.57. The summed E-state index contributed by atoms with van der Waals surface area (Å²) < 4.78 is 49.9. The summed E-state index contributed by atoms with van der Waals surface area (Å²) in [4.78, 5) is 0.867. The molecule has 0 atom stereocenters. The topological polar surface area (TPSA) is 49.4 Å². The fraction of sp³-hybridized carbons (Fsp3) is 0.600. The van der Waals surface area contributed by atoms with Crippen LogP contribution in [0, 0.1) is 0 Å². The van der Waals surface area contributed by atoms with Gasteiger partial charge in [-0.15, -0.1) is 11.3 Å². The van der Waals surface area contributed by atoms with Gasteiger partial charge in [0.25, 0.3) is 6.43 Å². The molecular formula is C10H15BrF2N2O2S2. The highest BCUT2D eigenvalue weighted by Crippen LogP contribution is 2.33. The molecule has 0 aliphatic rings. The molecule has 0 amide bonds. The third kappa shape index (κ3) is 4.45. The van der Waals surface area contributed by atoms with Gasteiger partial charge < -0.3 is 5.32 Å². The predicted molar refractivity (Wildman–Crippen MR) is 75.2 cm³/mol. The van der Waals surface area contributed by atoms with Crippen LogP contribution in [0.1, 0.15) is 11.8 Å². The van der Waals surface area contributed by atoms with Crippen molar-refractivity contribution >= 4 is 37.3 Å². The minimum atomic E-state index is -3.88. The average Bonchev–Trinajstić information content (AvgIpc) is 2.67. The number of sulfonamides is 1. The quantitative estimate of drug-likeness (QED) is 0.795. The molecule has 0 fully saturated rings. The summed E-state index contributed by atoms with van der Waals surface area (Å²) >= 11 is 4.46. The first-order chi connectivity index (χ1) is 8.78. The highest BCUT2D eigenvalue weighted by atomic mass is 79.9. The number of nitrogens with zero attached hydrogens (tertiary/aromatic N) is 1. The Kier molecular flexibility index (Phi) is 6.31. The summed E-state index contributed by atoms with van der Waals surface area (Å²) in [7, 11) is -2.73. The molecule has 1 rings (SSSR count). The zero-order valence-corrected chi connectivity index (χ0v) is 13.7. The van der Waals surface area contributed by atoms with Crippen LogP contribution in [0.2, 0.25) is 0 Å². The van der Waals surface area contributed by atoms with E-state index in [0.717, 1.165) is 18.5 Å². The molecule has 0 saturated heterocycles.